The van der Waals surface area contributed by atoms with E-state index in [1.165, 1.54) is 10.5 Å². The van der Waals surface area contributed by atoms with Gasteiger partial charge in [-0.2, -0.15) is 0 Å². The standard InChI is InChI=1S/C25H29ClN2O3/c1-17(2)21-16-28(14-13-23(29)30)24(31)27-25(21,3)20-12-11-19(22(26)15-20)10-9-18-7-5-4-6-8-18/h4-8,11-12,15-17H,9-10,13-14H2,1-3H3,(H,27,31)(H,29,30)/t25-/m1/s1. The van der Waals surface area contributed by atoms with E-state index < -0.39 is 11.5 Å². The van der Waals surface area contributed by atoms with Gasteiger partial charge in [-0.3, -0.25) is 4.79 Å². The molecule has 0 aromatic heterocycles. The van der Waals surface area contributed by atoms with Crippen molar-refractivity contribution in [1.29, 1.82) is 0 Å². The summed E-state index contributed by atoms with van der Waals surface area (Å²) < 4.78 is 0. The third kappa shape index (κ3) is 5.28. The number of carboxylic acids is 1. The number of nitrogens with zero attached hydrogens (tertiary/aromatic N) is 1. The predicted molar refractivity (Wildman–Crippen MR) is 123 cm³/mol. The van der Waals surface area contributed by atoms with Crippen LogP contribution in [-0.4, -0.2) is 28.6 Å². The normalized spacial score (nSPS) is 18.7. The number of carboxylic acid groups (broad SMARTS) is 1. The Balaban J connectivity index is 1.85. The van der Waals surface area contributed by atoms with Gasteiger partial charge in [-0.1, -0.05) is 67.9 Å². The fourth-order valence-electron chi connectivity index (χ4n) is 4.05. The summed E-state index contributed by atoms with van der Waals surface area (Å²) in [5.41, 5.74) is 3.53. The molecule has 0 radical (unpaired) electrons. The lowest BCUT2D eigenvalue weighted by atomic mass is 9.78. The van der Waals surface area contributed by atoms with Gasteiger partial charge < -0.3 is 15.3 Å². The summed E-state index contributed by atoms with van der Waals surface area (Å²) in [7, 11) is 0. The smallest absolute Gasteiger partial charge is 0.322 e. The van der Waals surface area contributed by atoms with E-state index in [4.69, 9.17) is 16.7 Å². The molecule has 31 heavy (non-hydrogen) atoms. The lowest BCUT2D eigenvalue weighted by Crippen LogP contribution is -2.55. The van der Waals surface area contributed by atoms with Gasteiger partial charge in [0.05, 0.1) is 12.0 Å². The van der Waals surface area contributed by atoms with Gasteiger partial charge in [-0.15, -0.1) is 0 Å². The first kappa shape index (κ1) is 22.9. The molecule has 0 saturated heterocycles. The number of carbonyl (C=O) groups is 2. The average molecular weight is 441 g/mol. The molecule has 0 spiro atoms. The van der Waals surface area contributed by atoms with Crippen LogP contribution in [0, 0.1) is 5.92 Å². The van der Waals surface area contributed by atoms with Gasteiger partial charge in [0.1, 0.15) is 0 Å². The molecule has 164 valence electrons. The van der Waals surface area contributed by atoms with E-state index in [-0.39, 0.29) is 24.9 Å². The summed E-state index contributed by atoms with van der Waals surface area (Å²) in [4.78, 5) is 25.1. The zero-order valence-corrected chi connectivity index (χ0v) is 18.9. The molecule has 3 rings (SSSR count). The van der Waals surface area contributed by atoms with Crippen molar-refractivity contribution in [3.8, 4) is 0 Å². The number of carbonyl (C=O) groups excluding carboxylic acids is 1. The van der Waals surface area contributed by atoms with Crippen LogP contribution < -0.4 is 5.32 Å². The number of hydrogen-bond donors (Lipinski definition) is 2. The Hall–Kier alpha value is -2.79. The molecule has 0 bridgehead atoms. The van der Waals surface area contributed by atoms with Gasteiger partial charge in [-0.05, 0) is 54.0 Å². The number of benzene rings is 2. The van der Waals surface area contributed by atoms with Crippen molar-refractivity contribution in [1.82, 2.24) is 10.2 Å². The highest BCUT2D eigenvalue weighted by molar-refractivity contribution is 6.31. The lowest BCUT2D eigenvalue weighted by Gasteiger charge is -2.42. The zero-order chi connectivity index (χ0) is 22.6. The number of nitrogens with one attached hydrogen (secondary N) is 1. The van der Waals surface area contributed by atoms with Crippen molar-refractivity contribution in [2.75, 3.05) is 6.54 Å². The summed E-state index contributed by atoms with van der Waals surface area (Å²) in [5.74, 6) is -0.784. The third-order valence-corrected chi connectivity index (χ3v) is 6.19. The van der Waals surface area contributed by atoms with Crippen LogP contribution in [0.4, 0.5) is 4.79 Å². The van der Waals surface area contributed by atoms with E-state index in [1.807, 2.05) is 43.3 Å². The predicted octanol–water partition coefficient (Wildman–Crippen LogP) is 5.38. The number of amides is 2. The number of urea groups is 1. The first-order valence-electron chi connectivity index (χ1n) is 10.6. The van der Waals surface area contributed by atoms with Crippen LogP contribution in [0.1, 0.15) is 43.9 Å². The minimum absolute atomic E-state index is 0.103. The third-order valence-electron chi connectivity index (χ3n) is 5.83. The van der Waals surface area contributed by atoms with Crippen LogP contribution in [-0.2, 0) is 23.2 Å². The van der Waals surface area contributed by atoms with Crippen molar-refractivity contribution in [3.05, 3.63) is 82.0 Å². The highest BCUT2D eigenvalue weighted by atomic mass is 35.5. The second kappa shape index (κ2) is 9.56. The monoisotopic (exact) mass is 440 g/mol. The van der Waals surface area contributed by atoms with Gasteiger partial charge in [-0.25, -0.2) is 4.79 Å². The molecule has 1 atom stereocenters. The van der Waals surface area contributed by atoms with E-state index in [1.54, 1.807) is 6.20 Å². The van der Waals surface area contributed by atoms with E-state index in [0.717, 1.165) is 29.5 Å². The zero-order valence-electron chi connectivity index (χ0n) is 18.2. The van der Waals surface area contributed by atoms with Crippen molar-refractivity contribution in [2.45, 2.75) is 45.6 Å². The van der Waals surface area contributed by atoms with Gasteiger partial charge in [0.15, 0.2) is 0 Å². The molecule has 2 aromatic carbocycles. The van der Waals surface area contributed by atoms with Gasteiger partial charge >= 0.3 is 12.0 Å². The molecule has 1 aliphatic rings. The fourth-order valence-corrected chi connectivity index (χ4v) is 4.32. The van der Waals surface area contributed by atoms with Crippen LogP contribution in [0.15, 0.2) is 60.3 Å². The Bertz CT molecular complexity index is 988. The van der Waals surface area contributed by atoms with Crippen LogP contribution in [0.3, 0.4) is 0 Å². The second-order valence-corrected chi connectivity index (χ2v) is 8.83. The molecule has 2 amide bonds. The summed E-state index contributed by atoms with van der Waals surface area (Å²) in [6.45, 7) is 6.23. The molecular formula is C25H29ClN2O3. The second-order valence-electron chi connectivity index (χ2n) is 8.42. The summed E-state index contributed by atoms with van der Waals surface area (Å²) in [6.07, 6.45) is 3.43. The van der Waals surface area contributed by atoms with Crippen LogP contribution in [0.2, 0.25) is 5.02 Å². The number of hydrogen-bond acceptors (Lipinski definition) is 2. The van der Waals surface area contributed by atoms with Crippen LogP contribution >= 0.6 is 11.6 Å². The van der Waals surface area contributed by atoms with E-state index in [0.29, 0.717) is 5.02 Å². The Kier molecular flexibility index (Phi) is 7.06. The maximum Gasteiger partial charge on any atom is 0.322 e. The molecular weight excluding hydrogens is 412 g/mol. The highest BCUT2D eigenvalue weighted by Crippen LogP contribution is 2.38. The van der Waals surface area contributed by atoms with Crippen molar-refractivity contribution in [3.63, 3.8) is 0 Å². The molecule has 6 heteroatoms. The maximum absolute atomic E-state index is 12.7. The molecule has 2 aromatic rings. The largest absolute Gasteiger partial charge is 0.481 e. The van der Waals surface area contributed by atoms with Crippen LogP contribution in [0.5, 0.6) is 0 Å². The molecule has 2 N–H and O–H groups in total. The topological polar surface area (TPSA) is 69.6 Å². The Morgan fingerprint density at radius 3 is 2.48 bits per heavy atom. The van der Waals surface area contributed by atoms with Gasteiger partial charge in [0, 0.05) is 17.8 Å². The van der Waals surface area contributed by atoms with Gasteiger partial charge in [0.2, 0.25) is 0 Å². The maximum atomic E-state index is 12.7. The van der Waals surface area contributed by atoms with Gasteiger partial charge in [0.25, 0.3) is 0 Å². The van der Waals surface area contributed by atoms with Crippen LogP contribution in [0.25, 0.3) is 0 Å². The average Bonchev–Trinajstić information content (AvgIpc) is 2.72. The van der Waals surface area contributed by atoms with E-state index >= 15 is 0 Å². The lowest BCUT2D eigenvalue weighted by molar-refractivity contribution is -0.137. The molecule has 1 aliphatic heterocycles. The number of aliphatic carboxylic acids is 1. The molecule has 0 saturated carbocycles. The minimum atomic E-state index is -0.932. The molecule has 0 aliphatic carbocycles. The first-order chi connectivity index (χ1) is 14.7. The van der Waals surface area contributed by atoms with Crippen molar-refractivity contribution >= 4 is 23.6 Å². The van der Waals surface area contributed by atoms with E-state index in [9.17, 15) is 9.59 Å². The molecule has 0 unspecified atom stereocenters. The number of halogens is 1. The Labute approximate surface area is 188 Å². The van der Waals surface area contributed by atoms with Crippen molar-refractivity contribution in [2.24, 2.45) is 5.92 Å². The highest BCUT2D eigenvalue weighted by Gasteiger charge is 2.39. The first-order valence-corrected chi connectivity index (χ1v) is 10.9. The Morgan fingerprint density at radius 1 is 1.16 bits per heavy atom. The fraction of sp³-hybridized carbons (Fsp3) is 0.360. The molecule has 5 nitrogen and oxygen atoms in total. The minimum Gasteiger partial charge on any atom is -0.481 e. The number of aryl methyl sites for hydroxylation is 2. The van der Waals surface area contributed by atoms with E-state index in [2.05, 4.69) is 31.3 Å². The SMILES string of the molecule is CC(C)C1=CN(CCC(=O)O)C(=O)N[C@]1(C)c1ccc(CCc2ccccc2)c(Cl)c1. The summed E-state index contributed by atoms with van der Waals surface area (Å²) in [5, 5.41) is 12.7. The number of rotatable bonds is 8. The summed E-state index contributed by atoms with van der Waals surface area (Å²) in [6, 6.07) is 16.0. The molecule has 0 fully saturated rings. The van der Waals surface area contributed by atoms with Crippen molar-refractivity contribution < 1.29 is 14.7 Å². The summed E-state index contributed by atoms with van der Waals surface area (Å²) >= 11 is 6.65. The quantitative estimate of drug-likeness (QED) is 0.578. The molecule has 1 heterocycles. The Morgan fingerprint density at radius 2 is 1.87 bits per heavy atom.